The van der Waals surface area contributed by atoms with Crippen molar-refractivity contribution in [2.75, 3.05) is 20.3 Å². The van der Waals surface area contributed by atoms with E-state index < -0.39 is 34.6 Å². The molecule has 0 aromatic rings. The second-order valence-electron chi connectivity index (χ2n) is 9.09. The maximum Gasteiger partial charge on any atom is 0.169 e. The first kappa shape index (κ1) is 19.0. The molecule has 3 aliphatic carbocycles. The van der Waals surface area contributed by atoms with Gasteiger partial charge in [-0.15, -0.1) is 0 Å². The fourth-order valence-electron chi connectivity index (χ4n) is 5.90. The Kier molecular flexibility index (Phi) is 4.44. The van der Waals surface area contributed by atoms with Gasteiger partial charge in [-0.05, 0) is 11.8 Å². The predicted octanol–water partition coefficient (Wildman–Crippen LogP) is 2.10. The number of rotatable bonds is 2. The molecule has 1 heterocycles. The zero-order valence-corrected chi connectivity index (χ0v) is 16.2. The lowest BCUT2D eigenvalue weighted by Crippen LogP contribution is -2.61. The minimum atomic E-state index is -1.12. The van der Waals surface area contributed by atoms with Crippen molar-refractivity contribution in [2.24, 2.45) is 28.6 Å². The van der Waals surface area contributed by atoms with E-state index in [9.17, 15) is 14.4 Å². The molecule has 5 atom stereocenters. The molecule has 1 saturated heterocycles. The van der Waals surface area contributed by atoms with Crippen LogP contribution in [0.1, 0.15) is 39.5 Å². The summed E-state index contributed by atoms with van der Waals surface area (Å²) in [5.41, 5.74) is -1.61. The van der Waals surface area contributed by atoms with Crippen LogP contribution in [0.4, 0.5) is 0 Å². The normalized spacial score (nSPS) is 42.5. The highest BCUT2D eigenvalue weighted by Gasteiger charge is 2.63. The van der Waals surface area contributed by atoms with Crippen molar-refractivity contribution < 1.29 is 28.6 Å². The lowest BCUT2D eigenvalue weighted by atomic mass is 9.50. The Morgan fingerprint density at radius 3 is 2.41 bits per heavy atom. The highest BCUT2D eigenvalue weighted by molar-refractivity contribution is 5.95. The number of aldehydes is 1. The molecule has 148 valence electrons. The van der Waals surface area contributed by atoms with Gasteiger partial charge in [0.2, 0.25) is 0 Å². The van der Waals surface area contributed by atoms with E-state index in [0.717, 1.165) is 6.29 Å². The summed E-state index contributed by atoms with van der Waals surface area (Å²) in [6.07, 6.45) is 5.32. The Hall–Kier alpha value is -1.37. The maximum absolute atomic E-state index is 13.8. The molecule has 0 aromatic heterocycles. The SMILES string of the molecule is CO[C@H]1C=CC[C@@H]2C(=O)[C@H]3CC4(C[C@@H](C(=O)C[C@]12C=O)C3(C)C)OCCO4. The van der Waals surface area contributed by atoms with Crippen molar-refractivity contribution >= 4 is 17.9 Å². The van der Waals surface area contributed by atoms with Gasteiger partial charge in [-0.3, -0.25) is 9.59 Å². The topological polar surface area (TPSA) is 78.9 Å². The van der Waals surface area contributed by atoms with Gasteiger partial charge >= 0.3 is 0 Å². The van der Waals surface area contributed by atoms with Crippen molar-refractivity contribution in [2.45, 2.75) is 51.4 Å². The number of carbonyl (C=O) groups excluding carboxylic acids is 3. The Balaban J connectivity index is 1.83. The monoisotopic (exact) mass is 376 g/mol. The second-order valence-corrected chi connectivity index (χ2v) is 9.09. The Bertz CT molecular complexity index is 689. The fraction of sp³-hybridized carbons (Fsp3) is 0.762. The molecular weight excluding hydrogens is 348 g/mol. The predicted molar refractivity (Wildman–Crippen MR) is 95.8 cm³/mol. The standard InChI is InChI=1S/C21H28O6/c1-19(2)14-9-21(26-7-8-27-21)10-15(19)18(24)13-5-4-6-17(25-3)20(13,12-22)11-16(14)23/h4,6,12-15,17H,5,7-11H2,1-3H3/t13-,14+,15-,17+,20-/m1/s1. The Morgan fingerprint density at radius 2 is 1.78 bits per heavy atom. The van der Waals surface area contributed by atoms with Gasteiger partial charge in [0.05, 0.1) is 24.7 Å². The first-order valence-electron chi connectivity index (χ1n) is 9.80. The zero-order chi connectivity index (χ0) is 19.4. The smallest absolute Gasteiger partial charge is 0.169 e. The zero-order valence-electron chi connectivity index (χ0n) is 16.2. The van der Waals surface area contributed by atoms with Crippen LogP contribution >= 0.6 is 0 Å². The van der Waals surface area contributed by atoms with Crippen molar-refractivity contribution in [3.05, 3.63) is 12.2 Å². The van der Waals surface area contributed by atoms with E-state index in [1.54, 1.807) is 0 Å². The molecule has 2 bridgehead atoms. The largest absolute Gasteiger partial charge is 0.376 e. The van der Waals surface area contributed by atoms with Crippen LogP contribution in [-0.2, 0) is 28.6 Å². The van der Waals surface area contributed by atoms with Crippen LogP contribution in [-0.4, -0.2) is 50.1 Å². The molecule has 27 heavy (non-hydrogen) atoms. The van der Waals surface area contributed by atoms with Crippen LogP contribution in [0.3, 0.4) is 0 Å². The first-order chi connectivity index (χ1) is 12.8. The molecule has 0 N–H and O–H groups in total. The minimum absolute atomic E-state index is 0.00475. The minimum Gasteiger partial charge on any atom is -0.376 e. The molecule has 4 rings (SSSR count). The summed E-state index contributed by atoms with van der Waals surface area (Å²) in [7, 11) is 1.52. The number of allylic oxidation sites excluding steroid dienone is 1. The Labute approximate surface area is 159 Å². The molecule has 0 aromatic carbocycles. The van der Waals surface area contributed by atoms with Crippen LogP contribution in [0.15, 0.2) is 12.2 Å². The number of hydrogen-bond donors (Lipinski definition) is 0. The number of ketones is 2. The van der Waals surface area contributed by atoms with Crippen LogP contribution in [0.2, 0.25) is 0 Å². The summed E-state index contributed by atoms with van der Waals surface area (Å²) in [5.74, 6) is -2.15. The van der Waals surface area contributed by atoms with Crippen LogP contribution in [0.25, 0.3) is 0 Å². The third-order valence-corrected chi connectivity index (χ3v) is 7.53. The van der Waals surface area contributed by atoms with Crippen molar-refractivity contribution in [3.8, 4) is 0 Å². The van der Waals surface area contributed by atoms with Crippen molar-refractivity contribution in [3.63, 3.8) is 0 Å². The van der Waals surface area contributed by atoms with Crippen molar-refractivity contribution in [1.82, 2.24) is 0 Å². The molecular formula is C21H28O6. The van der Waals surface area contributed by atoms with Gasteiger partial charge in [-0.1, -0.05) is 26.0 Å². The van der Waals surface area contributed by atoms with Gasteiger partial charge in [0.15, 0.2) is 5.79 Å². The van der Waals surface area contributed by atoms with Gasteiger partial charge in [-0.2, -0.15) is 0 Å². The number of methoxy groups -OCH3 is 1. The van der Waals surface area contributed by atoms with E-state index in [1.807, 2.05) is 26.0 Å². The molecule has 6 nitrogen and oxygen atoms in total. The number of ether oxygens (including phenoxy) is 3. The molecule has 1 aliphatic heterocycles. The van der Waals surface area contributed by atoms with Gasteiger partial charge in [0.25, 0.3) is 0 Å². The average Bonchev–Trinajstić information content (AvgIpc) is 3.10. The summed E-state index contributed by atoms with van der Waals surface area (Å²) in [5, 5.41) is 0. The number of hydrogen-bond acceptors (Lipinski definition) is 6. The molecule has 3 fully saturated rings. The summed E-state index contributed by atoms with van der Waals surface area (Å²) >= 11 is 0. The van der Waals surface area contributed by atoms with Gasteiger partial charge < -0.3 is 19.0 Å². The highest BCUT2D eigenvalue weighted by atomic mass is 16.7. The third kappa shape index (κ3) is 2.60. The lowest BCUT2D eigenvalue weighted by Gasteiger charge is -2.54. The second kappa shape index (κ2) is 6.33. The summed E-state index contributed by atoms with van der Waals surface area (Å²) in [4.78, 5) is 39.5. The van der Waals surface area contributed by atoms with Crippen LogP contribution in [0.5, 0.6) is 0 Å². The van der Waals surface area contributed by atoms with E-state index in [0.29, 0.717) is 32.5 Å². The number of fused-ring (bicyclic) bond motifs is 3. The van der Waals surface area contributed by atoms with Crippen LogP contribution < -0.4 is 0 Å². The fourth-order valence-corrected chi connectivity index (χ4v) is 5.90. The first-order valence-corrected chi connectivity index (χ1v) is 9.80. The number of carbonyl (C=O) groups is 3. The van der Waals surface area contributed by atoms with E-state index >= 15 is 0 Å². The molecule has 1 spiro atoms. The highest BCUT2D eigenvalue weighted by Crippen LogP contribution is 2.57. The Morgan fingerprint density at radius 1 is 1.11 bits per heavy atom. The lowest BCUT2D eigenvalue weighted by molar-refractivity contribution is -0.224. The van der Waals surface area contributed by atoms with Crippen molar-refractivity contribution in [1.29, 1.82) is 0 Å². The molecule has 6 heteroatoms. The molecule has 0 unspecified atom stereocenters. The summed E-state index contributed by atoms with van der Waals surface area (Å²) < 4.78 is 17.3. The van der Waals surface area contributed by atoms with E-state index in [4.69, 9.17) is 14.2 Å². The van der Waals surface area contributed by atoms with E-state index in [-0.39, 0.29) is 23.9 Å². The summed E-state index contributed by atoms with van der Waals surface area (Å²) in [6.45, 7) is 4.97. The maximum atomic E-state index is 13.8. The van der Waals surface area contributed by atoms with Gasteiger partial charge in [-0.25, -0.2) is 0 Å². The van der Waals surface area contributed by atoms with E-state index in [2.05, 4.69) is 0 Å². The molecule has 0 amide bonds. The van der Waals surface area contributed by atoms with Gasteiger partial charge in [0.1, 0.15) is 17.9 Å². The average molecular weight is 376 g/mol. The molecule has 0 radical (unpaired) electrons. The summed E-state index contributed by atoms with van der Waals surface area (Å²) in [6, 6.07) is 0. The molecule has 2 saturated carbocycles. The van der Waals surface area contributed by atoms with Gasteiger partial charge in [0, 0.05) is 44.1 Å². The van der Waals surface area contributed by atoms with E-state index in [1.165, 1.54) is 7.11 Å². The van der Waals surface area contributed by atoms with Crippen LogP contribution in [0, 0.1) is 28.6 Å². The third-order valence-electron chi connectivity index (χ3n) is 7.53. The number of Topliss-reactive ketones (excluding diaryl/α,β-unsaturated/α-hetero) is 2. The quantitative estimate of drug-likeness (QED) is 0.542. The molecule has 4 aliphatic rings.